The Morgan fingerprint density at radius 3 is 2.80 bits per heavy atom. The van der Waals surface area contributed by atoms with Crippen molar-refractivity contribution in [3.05, 3.63) is 46.7 Å². The van der Waals surface area contributed by atoms with Gasteiger partial charge in [-0.25, -0.2) is 9.97 Å². The van der Waals surface area contributed by atoms with Crippen LogP contribution in [0.3, 0.4) is 0 Å². The SMILES string of the molecule is O=C(NCc1ncccn1)c1cccs1. The molecule has 0 radical (unpaired) electrons. The second kappa shape index (κ2) is 4.65. The number of rotatable bonds is 3. The minimum Gasteiger partial charge on any atom is -0.344 e. The highest BCUT2D eigenvalue weighted by Gasteiger charge is 2.05. The van der Waals surface area contributed by atoms with E-state index in [1.807, 2.05) is 11.4 Å². The summed E-state index contributed by atoms with van der Waals surface area (Å²) < 4.78 is 0. The number of carbonyl (C=O) groups is 1. The Hall–Kier alpha value is -1.75. The first-order valence-electron chi connectivity index (χ1n) is 4.44. The summed E-state index contributed by atoms with van der Waals surface area (Å²) >= 11 is 1.41. The van der Waals surface area contributed by atoms with Crippen LogP contribution >= 0.6 is 11.3 Å². The molecule has 0 spiro atoms. The molecular formula is C10H9N3OS. The predicted octanol–water partition coefficient (Wildman–Crippen LogP) is 1.47. The maximum atomic E-state index is 11.5. The van der Waals surface area contributed by atoms with E-state index in [0.717, 1.165) is 0 Å². The number of hydrogen-bond acceptors (Lipinski definition) is 4. The predicted molar refractivity (Wildman–Crippen MR) is 57.5 cm³/mol. The Bertz CT molecular complexity index is 427. The first-order chi connectivity index (χ1) is 7.36. The zero-order chi connectivity index (χ0) is 10.5. The Kier molecular flexibility index (Phi) is 3.04. The minimum atomic E-state index is -0.0857. The number of carbonyl (C=O) groups excluding carboxylic acids is 1. The molecule has 15 heavy (non-hydrogen) atoms. The molecule has 0 aliphatic rings. The van der Waals surface area contributed by atoms with Gasteiger partial charge in [0.05, 0.1) is 11.4 Å². The zero-order valence-corrected chi connectivity index (χ0v) is 8.70. The molecule has 0 saturated carbocycles. The fourth-order valence-corrected chi connectivity index (χ4v) is 1.72. The van der Waals surface area contributed by atoms with Crippen molar-refractivity contribution < 1.29 is 4.79 Å². The zero-order valence-electron chi connectivity index (χ0n) is 7.88. The maximum absolute atomic E-state index is 11.5. The fourth-order valence-electron chi connectivity index (χ4n) is 1.08. The summed E-state index contributed by atoms with van der Waals surface area (Å²) in [4.78, 5) is 20.2. The average Bonchev–Trinajstić information content (AvgIpc) is 2.81. The van der Waals surface area contributed by atoms with E-state index in [2.05, 4.69) is 15.3 Å². The lowest BCUT2D eigenvalue weighted by molar-refractivity contribution is 0.0954. The van der Waals surface area contributed by atoms with Gasteiger partial charge in [0.1, 0.15) is 5.82 Å². The molecule has 1 N–H and O–H groups in total. The van der Waals surface area contributed by atoms with E-state index in [9.17, 15) is 4.79 Å². The molecule has 76 valence electrons. The summed E-state index contributed by atoms with van der Waals surface area (Å²) in [6.45, 7) is 0.359. The van der Waals surface area contributed by atoms with Crippen LogP contribution < -0.4 is 5.32 Å². The third kappa shape index (κ3) is 2.60. The molecule has 0 aliphatic heterocycles. The van der Waals surface area contributed by atoms with Crippen molar-refractivity contribution in [2.24, 2.45) is 0 Å². The van der Waals surface area contributed by atoms with E-state index in [4.69, 9.17) is 0 Å². The molecule has 5 heteroatoms. The summed E-state index contributed by atoms with van der Waals surface area (Å²) in [5.41, 5.74) is 0. The van der Waals surface area contributed by atoms with Crippen LogP contribution in [-0.4, -0.2) is 15.9 Å². The number of nitrogens with one attached hydrogen (secondary N) is 1. The topological polar surface area (TPSA) is 54.9 Å². The minimum absolute atomic E-state index is 0.0857. The van der Waals surface area contributed by atoms with Crippen molar-refractivity contribution >= 4 is 17.2 Å². The van der Waals surface area contributed by atoms with Crippen LogP contribution in [0.25, 0.3) is 0 Å². The standard InChI is InChI=1S/C10H9N3OS/c14-10(8-3-1-6-15-8)13-7-9-11-4-2-5-12-9/h1-6H,7H2,(H,13,14). The summed E-state index contributed by atoms with van der Waals surface area (Å²) in [5.74, 6) is 0.528. The van der Waals surface area contributed by atoms with Crippen LogP contribution in [0.15, 0.2) is 36.0 Å². The molecule has 0 fully saturated rings. The summed E-state index contributed by atoms with van der Waals surface area (Å²) in [5, 5.41) is 4.62. The molecule has 0 aliphatic carbocycles. The number of thiophene rings is 1. The third-order valence-electron chi connectivity index (χ3n) is 1.77. The van der Waals surface area contributed by atoms with Crippen LogP contribution in [-0.2, 0) is 6.54 Å². The molecule has 4 nitrogen and oxygen atoms in total. The molecule has 0 unspecified atom stereocenters. The second-order valence-corrected chi connectivity index (χ2v) is 3.77. The van der Waals surface area contributed by atoms with Gasteiger partial charge in [0.2, 0.25) is 0 Å². The molecule has 1 amide bonds. The quantitative estimate of drug-likeness (QED) is 0.850. The van der Waals surface area contributed by atoms with Crippen LogP contribution in [0.1, 0.15) is 15.5 Å². The van der Waals surface area contributed by atoms with Gasteiger partial charge in [0.15, 0.2) is 0 Å². The lowest BCUT2D eigenvalue weighted by atomic mass is 10.4. The highest BCUT2D eigenvalue weighted by molar-refractivity contribution is 7.12. The van der Waals surface area contributed by atoms with Gasteiger partial charge in [-0.05, 0) is 17.5 Å². The average molecular weight is 219 g/mol. The first kappa shape index (κ1) is 9.79. The molecule has 0 atom stereocenters. The Balaban J connectivity index is 1.92. The Morgan fingerprint density at radius 2 is 2.13 bits per heavy atom. The highest BCUT2D eigenvalue weighted by Crippen LogP contribution is 2.07. The summed E-state index contributed by atoms with van der Waals surface area (Å²) in [6, 6.07) is 5.37. The largest absolute Gasteiger partial charge is 0.344 e. The van der Waals surface area contributed by atoms with Gasteiger partial charge >= 0.3 is 0 Å². The number of hydrogen-bond donors (Lipinski definition) is 1. The van der Waals surface area contributed by atoms with E-state index in [0.29, 0.717) is 17.2 Å². The normalized spacial score (nSPS) is 9.87. The van der Waals surface area contributed by atoms with Crippen LogP contribution in [0.5, 0.6) is 0 Å². The van der Waals surface area contributed by atoms with E-state index in [-0.39, 0.29) is 5.91 Å². The van der Waals surface area contributed by atoms with Crippen LogP contribution in [0, 0.1) is 0 Å². The molecule has 0 bridgehead atoms. The van der Waals surface area contributed by atoms with Gasteiger partial charge in [0.25, 0.3) is 5.91 Å². The van der Waals surface area contributed by atoms with Crippen molar-refractivity contribution in [1.29, 1.82) is 0 Å². The summed E-state index contributed by atoms with van der Waals surface area (Å²) in [6.07, 6.45) is 3.30. The maximum Gasteiger partial charge on any atom is 0.261 e. The van der Waals surface area contributed by atoms with Gasteiger partial charge < -0.3 is 5.32 Å². The molecule has 2 aromatic rings. The van der Waals surface area contributed by atoms with Crippen molar-refractivity contribution in [2.75, 3.05) is 0 Å². The van der Waals surface area contributed by atoms with Crippen LogP contribution in [0.4, 0.5) is 0 Å². The van der Waals surface area contributed by atoms with Gasteiger partial charge in [-0.2, -0.15) is 0 Å². The van der Waals surface area contributed by atoms with E-state index in [1.165, 1.54) is 11.3 Å². The first-order valence-corrected chi connectivity index (χ1v) is 5.32. The Labute approximate surface area is 91.0 Å². The number of nitrogens with zero attached hydrogens (tertiary/aromatic N) is 2. The molecular weight excluding hydrogens is 210 g/mol. The lowest BCUT2D eigenvalue weighted by Crippen LogP contribution is -2.22. The molecule has 0 aromatic carbocycles. The summed E-state index contributed by atoms with van der Waals surface area (Å²) in [7, 11) is 0. The Morgan fingerprint density at radius 1 is 1.33 bits per heavy atom. The molecule has 2 aromatic heterocycles. The molecule has 0 saturated heterocycles. The third-order valence-corrected chi connectivity index (χ3v) is 2.64. The fraction of sp³-hybridized carbons (Fsp3) is 0.100. The monoisotopic (exact) mass is 219 g/mol. The number of aromatic nitrogens is 2. The molecule has 2 heterocycles. The van der Waals surface area contributed by atoms with Gasteiger partial charge in [-0.1, -0.05) is 6.07 Å². The van der Waals surface area contributed by atoms with Crippen molar-refractivity contribution in [3.63, 3.8) is 0 Å². The molecule has 2 rings (SSSR count). The number of amides is 1. The van der Waals surface area contributed by atoms with Gasteiger partial charge in [-0.15, -0.1) is 11.3 Å². The van der Waals surface area contributed by atoms with Crippen molar-refractivity contribution in [3.8, 4) is 0 Å². The smallest absolute Gasteiger partial charge is 0.261 e. The van der Waals surface area contributed by atoms with Crippen molar-refractivity contribution in [1.82, 2.24) is 15.3 Å². The van der Waals surface area contributed by atoms with E-state index in [1.54, 1.807) is 24.5 Å². The van der Waals surface area contributed by atoms with E-state index >= 15 is 0 Å². The lowest BCUT2D eigenvalue weighted by Gasteiger charge is -2.01. The second-order valence-electron chi connectivity index (χ2n) is 2.82. The van der Waals surface area contributed by atoms with Crippen LogP contribution in [0.2, 0.25) is 0 Å². The van der Waals surface area contributed by atoms with Gasteiger partial charge in [0, 0.05) is 12.4 Å². The highest BCUT2D eigenvalue weighted by atomic mass is 32.1. The van der Waals surface area contributed by atoms with Crippen molar-refractivity contribution in [2.45, 2.75) is 6.54 Å². The van der Waals surface area contributed by atoms with E-state index < -0.39 is 0 Å². The van der Waals surface area contributed by atoms with Gasteiger partial charge in [-0.3, -0.25) is 4.79 Å².